The number of amides is 1. The maximum atomic E-state index is 11.3. The SMILES string of the molecule is CC(=O)N1Cc2nc(C3CCCCN3)sc2C1. The highest BCUT2D eigenvalue weighted by atomic mass is 32.1. The molecule has 1 aromatic heterocycles. The quantitative estimate of drug-likeness (QED) is 0.828. The minimum absolute atomic E-state index is 0.146. The highest BCUT2D eigenvalue weighted by Crippen LogP contribution is 2.33. The molecule has 0 bridgehead atoms. The Morgan fingerprint density at radius 2 is 2.35 bits per heavy atom. The topological polar surface area (TPSA) is 45.2 Å². The number of nitrogens with one attached hydrogen (secondary N) is 1. The molecule has 1 fully saturated rings. The molecule has 0 spiro atoms. The van der Waals surface area contributed by atoms with Crippen LogP contribution >= 0.6 is 11.3 Å². The number of thiazole rings is 1. The minimum atomic E-state index is 0.146. The first-order chi connectivity index (χ1) is 8.24. The van der Waals surface area contributed by atoms with Gasteiger partial charge in [0, 0.05) is 11.8 Å². The molecular formula is C12H17N3OS. The summed E-state index contributed by atoms with van der Waals surface area (Å²) in [5.74, 6) is 0.146. The summed E-state index contributed by atoms with van der Waals surface area (Å²) in [6.07, 6.45) is 3.77. The van der Waals surface area contributed by atoms with Crippen LogP contribution in [0.1, 0.15) is 47.8 Å². The van der Waals surface area contributed by atoms with Crippen molar-refractivity contribution in [2.45, 2.75) is 45.3 Å². The molecule has 1 saturated heterocycles. The van der Waals surface area contributed by atoms with Crippen molar-refractivity contribution < 1.29 is 4.79 Å². The first-order valence-electron chi connectivity index (χ1n) is 6.21. The molecule has 17 heavy (non-hydrogen) atoms. The van der Waals surface area contributed by atoms with Crippen LogP contribution in [0.3, 0.4) is 0 Å². The molecule has 1 aromatic rings. The van der Waals surface area contributed by atoms with E-state index < -0.39 is 0 Å². The lowest BCUT2D eigenvalue weighted by atomic mass is 10.1. The molecule has 0 radical (unpaired) electrons. The number of nitrogens with zero attached hydrogens (tertiary/aromatic N) is 2. The predicted octanol–water partition coefficient (Wildman–Crippen LogP) is 1.82. The molecule has 2 aliphatic heterocycles. The van der Waals surface area contributed by atoms with Crippen LogP contribution in [0.5, 0.6) is 0 Å². The van der Waals surface area contributed by atoms with Crippen LogP contribution in [0.4, 0.5) is 0 Å². The fraction of sp³-hybridized carbons (Fsp3) is 0.667. The number of carbonyl (C=O) groups excluding carboxylic acids is 1. The summed E-state index contributed by atoms with van der Waals surface area (Å²) in [7, 11) is 0. The molecule has 3 heterocycles. The number of hydrogen-bond acceptors (Lipinski definition) is 4. The van der Waals surface area contributed by atoms with Gasteiger partial charge >= 0.3 is 0 Å². The van der Waals surface area contributed by atoms with E-state index in [2.05, 4.69) is 5.32 Å². The normalized spacial score (nSPS) is 23.8. The molecule has 0 aliphatic carbocycles. The van der Waals surface area contributed by atoms with Crippen LogP contribution in [0, 0.1) is 0 Å². The summed E-state index contributed by atoms with van der Waals surface area (Å²) in [6.45, 7) is 4.19. The maximum Gasteiger partial charge on any atom is 0.220 e. The van der Waals surface area contributed by atoms with E-state index in [1.54, 1.807) is 18.3 Å². The van der Waals surface area contributed by atoms with Crippen LogP contribution in [-0.4, -0.2) is 22.3 Å². The second-order valence-electron chi connectivity index (χ2n) is 4.80. The Balaban J connectivity index is 1.75. The number of rotatable bonds is 1. The molecule has 5 heteroatoms. The lowest BCUT2D eigenvalue weighted by Gasteiger charge is -2.21. The van der Waals surface area contributed by atoms with Gasteiger partial charge in [0.15, 0.2) is 0 Å². The van der Waals surface area contributed by atoms with Gasteiger partial charge in [0.05, 0.1) is 24.8 Å². The van der Waals surface area contributed by atoms with Gasteiger partial charge in [-0.05, 0) is 19.4 Å². The van der Waals surface area contributed by atoms with Gasteiger partial charge in [0.1, 0.15) is 5.01 Å². The van der Waals surface area contributed by atoms with E-state index in [0.29, 0.717) is 12.6 Å². The molecule has 1 atom stereocenters. The van der Waals surface area contributed by atoms with Gasteiger partial charge in [-0.15, -0.1) is 11.3 Å². The van der Waals surface area contributed by atoms with Gasteiger partial charge in [-0.2, -0.15) is 0 Å². The zero-order valence-corrected chi connectivity index (χ0v) is 10.8. The number of piperidine rings is 1. The number of carbonyl (C=O) groups is 1. The summed E-state index contributed by atoms with van der Waals surface area (Å²) >= 11 is 1.78. The summed E-state index contributed by atoms with van der Waals surface area (Å²) in [4.78, 5) is 19.1. The standard InChI is InChI=1S/C12H17N3OS/c1-8(16)15-6-10-11(7-15)17-12(14-10)9-4-2-3-5-13-9/h9,13H,2-7H2,1H3. The van der Waals surface area contributed by atoms with Crippen molar-refractivity contribution >= 4 is 17.2 Å². The van der Waals surface area contributed by atoms with E-state index in [4.69, 9.17) is 4.98 Å². The largest absolute Gasteiger partial charge is 0.332 e. The smallest absolute Gasteiger partial charge is 0.220 e. The van der Waals surface area contributed by atoms with E-state index in [1.807, 2.05) is 4.90 Å². The third kappa shape index (κ3) is 2.09. The summed E-state index contributed by atoms with van der Waals surface area (Å²) in [5.41, 5.74) is 1.12. The van der Waals surface area contributed by atoms with Crippen LogP contribution < -0.4 is 5.32 Å². The third-order valence-electron chi connectivity index (χ3n) is 3.52. The van der Waals surface area contributed by atoms with E-state index in [1.165, 1.54) is 29.1 Å². The van der Waals surface area contributed by atoms with E-state index in [0.717, 1.165) is 18.8 Å². The first kappa shape index (κ1) is 11.2. The average Bonchev–Trinajstić information content (AvgIpc) is 2.87. The molecule has 1 N–H and O–H groups in total. The predicted molar refractivity (Wildman–Crippen MR) is 66.6 cm³/mol. The second-order valence-corrected chi connectivity index (χ2v) is 5.91. The van der Waals surface area contributed by atoms with Gasteiger partial charge < -0.3 is 10.2 Å². The summed E-state index contributed by atoms with van der Waals surface area (Å²) in [5, 5.41) is 4.75. The van der Waals surface area contributed by atoms with Crippen LogP contribution in [0.25, 0.3) is 0 Å². The van der Waals surface area contributed by atoms with Crippen molar-refractivity contribution in [3.63, 3.8) is 0 Å². The Kier molecular flexibility index (Phi) is 2.88. The number of hydrogen-bond donors (Lipinski definition) is 1. The van der Waals surface area contributed by atoms with Gasteiger partial charge in [-0.25, -0.2) is 4.98 Å². The fourth-order valence-electron chi connectivity index (χ4n) is 2.49. The monoisotopic (exact) mass is 251 g/mol. The third-order valence-corrected chi connectivity index (χ3v) is 4.72. The Bertz CT molecular complexity index is 413. The Labute approximate surface area is 105 Å². The van der Waals surface area contributed by atoms with Crippen LogP contribution in [0.15, 0.2) is 0 Å². The van der Waals surface area contributed by atoms with Crippen molar-refractivity contribution in [1.29, 1.82) is 0 Å². The van der Waals surface area contributed by atoms with Crippen molar-refractivity contribution in [3.05, 3.63) is 15.6 Å². The molecule has 4 nitrogen and oxygen atoms in total. The van der Waals surface area contributed by atoms with E-state index >= 15 is 0 Å². The zero-order valence-electron chi connectivity index (χ0n) is 10.0. The molecule has 1 amide bonds. The highest BCUT2D eigenvalue weighted by Gasteiger charge is 2.27. The van der Waals surface area contributed by atoms with Gasteiger partial charge in [-0.3, -0.25) is 4.79 Å². The maximum absolute atomic E-state index is 11.3. The minimum Gasteiger partial charge on any atom is -0.332 e. The van der Waals surface area contributed by atoms with Gasteiger partial charge in [0.2, 0.25) is 5.91 Å². The highest BCUT2D eigenvalue weighted by molar-refractivity contribution is 7.11. The van der Waals surface area contributed by atoms with Crippen molar-refractivity contribution in [3.8, 4) is 0 Å². The Morgan fingerprint density at radius 1 is 1.47 bits per heavy atom. The van der Waals surface area contributed by atoms with Crippen LogP contribution in [-0.2, 0) is 17.9 Å². The first-order valence-corrected chi connectivity index (χ1v) is 7.03. The van der Waals surface area contributed by atoms with Crippen molar-refractivity contribution in [2.75, 3.05) is 6.54 Å². The molecule has 1 unspecified atom stereocenters. The van der Waals surface area contributed by atoms with Gasteiger partial charge in [-0.1, -0.05) is 6.42 Å². The lowest BCUT2D eigenvalue weighted by molar-refractivity contribution is -0.129. The molecule has 2 aliphatic rings. The molecule has 0 aromatic carbocycles. The average molecular weight is 251 g/mol. The lowest BCUT2D eigenvalue weighted by Crippen LogP contribution is -2.27. The van der Waals surface area contributed by atoms with E-state index in [-0.39, 0.29) is 5.91 Å². The Hall–Kier alpha value is -0.940. The summed E-state index contributed by atoms with van der Waals surface area (Å²) < 4.78 is 0. The zero-order chi connectivity index (χ0) is 11.8. The fourth-order valence-corrected chi connectivity index (χ4v) is 3.69. The van der Waals surface area contributed by atoms with Crippen molar-refractivity contribution in [1.82, 2.24) is 15.2 Å². The van der Waals surface area contributed by atoms with E-state index in [9.17, 15) is 4.79 Å². The van der Waals surface area contributed by atoms with Crippen LogP contribution in [0.2, 0.25) is 0 Å². The van der Waals surface area contributed by atoms with Crippen molar-refractivity contribution in [2.24, 2.45) is 0 Å². The molecule has 92 valence electrons. The number of aromatic nitrogens is 1. The second kappa shape index (κ2) is 4.38. The number of fused-ring (bicyclic) bond motifs is 1. The van der Waals surface area contributed by atoms with Gasteiger partial charge in [0.25, 0.3) is 0 Å². The molecule has 3 rings (SSSR count). The molecule has 0 saturated carbocycles. The Morgan fingerprint density at radius 3 is 3.00 bits per heavy atom. The summed E-state index contributed by atoms with van der Waals surface area (Å²) in [6, 6.07) is 0.449. The molecular weight excluding hydrogens is 234 g/mol.